The maximum absolute atomic E-state index is 8.93. The van der Waals surface area contributed by atoms with E-state index in [0.29, 0.717) is 5.25 Å². The van der Waals surface area contributed by atoms with E-state index in [1.165, 1.54) is 16.9 Å². The lowest BCUT2D eigenvalue weighted by Crippen LogP contribution is -2.42. The lowest BCUT2D eigenvalue weighted by molar-refractivity contribution is -0.345. The van der Waals surface area contributed by atoms with Crippen LogP contribution >= 0.6 is 11.8 Å². The standard InChI is InChI=1S/C19H25NS.C2H2O4/c1-3-20(4-2)16-15-19(17-11-7-5-8-12-17)21-18-13-9-6-10-14-18;3-1(4)2(5)6/h5-14,19H,3-4,15-16H2,1-2H3;(H,3,4)(H,5,6)/p-2. The molecule has 0 saturated heterocycles. The van der Waals surface area contributed by atoms with Gasteiger partial charge in [-0.05, 0) is 43.8 Å². The van der Waals surface area contributed by atoms with E-state index in [2.05, 4.69) is 79.4 Å². The summed E-state index contributed by atoms with van der Waals surface area (Å²) in [6.07, 6.45) is 1.19. The van der Waals surface area contributed by atoms with Crippen LogP contribution in [0.3, 0.4) is 0 Å². The van der Waals surface area contributed by atoms with Crippen LogP contribution in [0.5, 0.6) is 0 Å². The quantitative estimate of drug-likeness (QED) is 0.507. The van der Waals surface area contributed by atoms with E-state index in [1.54, 1.807) is 0 Å². The van der Waals surface area contributed by atoms with Gasteiger partial charge in [-0.25, -0.2) is 0 Å². The normalized spacial score (nSPS) is 11.4. The van der Waals surface area contributed by atoms with Crippen LogP contribution in [-0.4, -0.2) is 36.5 Å². The van der Waals surface area contributed by atoms with Crippen molar-refractivity contribution in [2.75, 3.05) is 19.6 Å². The van der Waals surface area contributed by atoms with E-state index in [9.17, 15) is 0 Å². The van der Waals surface area contributed by atoms with Gasteiger partial charge in [0.05, 0.1) is 11.9 Å². The zero-order chi connectivity index (χ0) is 20.1. The molecule has 1 unspecified atom stereocenters. The minimum Gasteiger partial charge on any atom is -0.543 e. The molecule has 0 aromatic heterocycles. The smallest absolute Gasteiger partial charge is 0.0870 e. The van der Waals surface area contributed by atoms with Crippen molar-refractivity contribution in [1.82, 2.24) is 4.90 Å². The highest BCUT2D eigenvalue weighted by Gasteiger charge is 2.14. The Hall–Kier alpha value is -2.31. The van der Waals surface area contributed by atoms with Gasteiger partial charge in [0.1, 0.15) is 0 Å². The van der Waals surface area contributed by atoms with E-state index < -0.39 is 11.9 Å². The van der Waals surface area contributed by atoms with Crippen LogP contribution in [0.15, 0.2) is 65.6 Å². The van der Waals surface area contributed by atoms with Gasteiger partial charge >= 0.3 is 0 Å². The zero-order valence-corrected chi connectivity index (χ0v) is 16.5. The van der Waals surface area contributed by atoms with E-state index in [-0.39, 0.29) is 0 Å². The van der Waals surface area contributed by atoms with Crippen LogP contribution in [0.4, 0.5) is 0 Å². The number of carboxylic acid groups (broad SMARTS) is 2. The number of nitrogens with zero attached hydrogens (tertiary/aromatic N) is 1. The monoisotopic (exact) mass is 387 g/mol. The lowest BCUT2D eigenvalue weighted by Gasteiger charge is -2.23. The molecule has 0 aliphatic carbocycles. The molecule has 146 valence electrons. The van der Waals surface area contributed by atoms with E-state index >= 15 is 0 Å². The first-order chi connectivity index (χ1) is 13.0. The Morgan fingerprint density at radius 3 is 1.81 bits per heavy atom. The van der Waals surface area contributed by atoms with Crippen molar-refractivity contribution in [3.8, 4) is 0 Å². The summed E-state index contributed by atoms with van der Waals surface area (Å²) in [4.78, 5) is 21.7. The fourth-order valence-corrected chi connectivity index (χ4v) is 3.62. The molecule has 2 aromatic rings. The second-order valence-electron chi connectivity index (χ2n) is 5.72. The van der Waals surface area contributed by atoms with Crippen LogP contribution in [0.1, 0.15) is 31.1 Å². The molecule has 2 rings (SSSR count). The summed E-state index contributed by atoms with van der Waals surface area (Å²) in [7, 11) is 0. The van der Waals surface area contributed by atoms with Gasteiger partial charge < -0.3 is 24.7 Å². The summed E-state index contributed by atoms with van der Waals surface area (Å²) < 4.78 is 0. The molecule has 1 atom stereocenters. The number of carbonyl (C=O) groups is 2. The molecule has 0 N–H and O–H groups in total. The van der Waals surface area contributed by atoms with Crippen molar-refractivity contribution >= 4 is 23.7 Å². The van der Waals surface area contributed by atoms with E-state index in [1.807, 2.05) is 11.8 Å². The van der Waals surface area contributed by atoms with Gasteiger partial charge in [-0.1, -0.05) is 62.4 Å². The highest BCUT2D eigenvalue weighted by atomic mass is 32.2. The zero-order valence-electron chi connectivity index (χ0n) is 15.7. The van der Waals surface area contributed by atoms with Crippen LogP contribution in [-0.2, 0) is 9.59 Å². The number of hydrogen-bond donors (Lipinski definition) is 0. The highest BCUT2D eigenvalue weighted by Crippen LogP contribution is 2.37. The summed E-state index contributed by atoms with van der Waals surface area (Å²) in [5.41, 5.74) is 1.43. The first-order valence-corrected chi connectivity index (χ1v) is 9.77. The molecule has 0 fully saturated rings. The second kappa shape index (κ2) is 12.9. The van der Waals surface area contributed by atoms with Crippen LogP contribution < -0.4 is 10.2 Å². The Morgan fingerprint density at radius 2 is 1.37 bits per heavy atom. The van der Waals surface area contributed by atoms with Gasteiger partial charge in [0, 0.05) is 10.1 Å². The maximum Gasteiger partial charge on any atom is 0.0870 e. The van der Waals surface area contributed by atoms with Crippen LogP contribution in [0.25, 0.3) is 0 Å². The number of benzene rings is 2. The Balaban J connectivity index is 0.000000527. The molecule has 0 aliphatic heterocycles. The van der Waals surface area contributed by atoms with Gasteiger partial charge in [-0.3, -0.25) is 0 Å². The summed E-state index contributed by atoms with van der Waals surface area (Å²) in [6.45, 7) is 7.91. The SMILES string of the molecule is CCN(CC)CCC(Sc1ccccc1)c1ccccc1.O=C([O-])C(=O)[O-]. The molecule has 6 heteroatoms. The molecule has 0 heterocycles. The van der Waals surface area contributed by atoms with Crippen molar-refractivity contribution in [2.24, 2.45) is 0 Å². The summed E-state index contributed by atoms with van der Waals surface area (Å²) in [5.74, 6) is -4.37. The van der Waals surface area contributed by atoms with Gasteiger partial charge in [-0.2, -0.15) is 0 Å². The molecule has 27 heavy (non-hydrogen) atoms. The minimum absolute atomic E-state index is 0.522. The first kappa shape index (κ1) is 22.7. The Kier molecular flexibility index (Phi) is 10.9. The molecule has 0 radical (unpaired) electrons. The van der Waals surface area contributed by atoms with Crippen molar-refractivity contribution in [2.45, 2.75) is 30.4 Å². The molecule has 5 nitrogen and oxygen atoms in total. The minimum atomic E-state index is -2.19. The first-order valence-electron chi connectivity index (χ1n) is 8.89. The molecule has 2 aromatic carbocycles. The number of carboxylic acids is 2. The predicted molar refractivity (Wildman–Crippen MR) is 104 cm³/mol. The Bertz CT molecular complexity index is 663. The number of aliphatic carboxylic acids is 2. The topological polar surface area (TPSA) is 83.5 Å². The second-order valence-corrected chi connectivity index (χ2v) is 7.00. The average Bonchev–Trinajstić information content (AvgIpc) is 2.69. The van der Waals surface area contributed by atoms with E-state index in [4.69, 9.17) is 19.8 Å². The van der Waals surface area contributed by atoms with Gasteiger partial charge in [0.2, 0.25) is 0 Å². The van der Waals surface area contributed by atoms with Crippen LogP contribution in [0, 0.1) is 0 Å². The average molecular weight is 388 g/mol. The third-order valence-electron chi connectivity index (χ3n) is 3.96. The van der Waals surface area contributed by atoms with Crippen LogP contribution in [0.2, 0.25) is 0 Å². The molecule has 0 bridgehead atoms. The number of carbonyl (C=O) groups excluding carboxylic acids is 2. The fourth-order valence-electron chi connectivity index (χ4n) is 2.46. The van der Waals surface area contributed by atoms with Gasteiger partial charge in [0.15, 0.2) is 0 Å². The molecule has 0 spiro atoms. The maximum atomic E-state index is 8.93. The number of thioether (sulfide) groups is 1. The van der Waals surface area contributed by atoms with Crippen molar-refractivity contribution in [3.05, 3.63) is 66.2 Å². The summed E-state index contributed by atoms with van der Waals surface area (Å²) >= 11 is 1.98. The Labute approximate surface area is 165 Å². The third kappa shape index (κ3) is 9.26. The molecule has 0 aliphatic rings. The summed E-state index contributed by atoms with van der Waals surface area (Å²) in [5, 5.41) is 18.4. The van der Waals surface area contributed by atoms with Gasteiger partial charge in [-0.15, -0.1) is 11.8 Å². The third-order valence-corrected chi connectivity index (χ3v) is 5.30. The molecular weight excluding hydrogens is 362 g/mol. The highest BCUT2D eigenvalue weighted by molar-refractivity contribution is 7.99. The van der Waals surface area contributed by atoms with Crippen molar-refractivity contribution < 1.29 is 19.8 Å². The molecule has 0 saturated carbocycles. The molecule has 0 amide bonds. The van der Waals surface area contributed by atoms with Crippen molar-refractivity contribution in [1.29, 1.82) is 0 Å². The van der Waals surface area contributed by atoms with Gasteiger partial charge in [0.25, 0.3) is 0 Å². The lowest BCUT2D eigenvalue weighted by atomic mass is 10.1. The fraction of sp³-hybridized carbons (Fsp3) is 0.333. The summed E-state index contributed by atoms with van der Waals surface area (Å²) in [6, 6.07) is 21.6. The van der Waals surface area contributed by atoms with E-state index in [0.717, 1.165) is 19.6 Å². The number of rotatable bonds is 8. The number of hydrogen-bond acceptors (Lipinski definition) is 6. The largest absolute Gasteiger partial charge is 0.543 e. The van der Waals surface area contributed by atoms with Crippen molar-refractivity contribution in [3.63, 3.8) is 0 Å². The predicted octanol–water partition coefficient (Wildman–Crippen LogP) is 1.74. The Morgan fingerprint density at radius 1 is 0.889 bits per heavy atom. The molecular formula is C21H25NO4S-2.